The van der Waals surface area contributed by atoms with Crippen LogP contribution in [-0.2, 0) is 0 Å². The number of methoxy groups -OCH3 is 2. The van der Waals surface area contributed by atoms with Crippen LogP contribution in [0.2, 0.25) is 0 Å². The number of nitrogen functional groups attached to an aromatic ring is 1. The summed E-state index contributed by atoms with van der Waals surface area (Å²) >= 11 is 0. The van der Waals surface area contributed by atoms with E-state index < -0.39 is 4.92 Å². The second kappa shape index (κ2) is 14.5. The van der Waals surface area contributed by atoms with Crippen molar-refractivity contribution >= 4 is 34.1 Å². The normalized spacial score (nSPS) is 9.44. The summed E-state index contributed by atoms with van der Waals surface area (Å²) in [6, 6.07) is 29.1. The minimum absolute atomic E-state index is 0.0582. The Kier molecular flexibility index (Phi) is 11.1. The quantitative estimate of drug-likeness (QED) is 0.141. The summed E-state index contributed by atoms with van der Waals surface area (Å²) in [7, 11) is 3.24. The number of non-ortho nitro benzene ring substituents is 1. The minimum Gasteiger partial charge on any atom is -0.497 e. The van der Waals surface area contributed by atoms with Crippen molar-refractivity contribution in [3.05, 3.63) is 107 Å². The third kappa shape index (κ3) is 8.90. The molecule has 0 atom stereocenters. The standard InChI is InChI=1S/C13H12N2O3.C13H14N2O.C2H6/c1-18-13-7-3-5-11(9-13)14-10-4-2-6-12(8-10)15(16)17;1-16-13-7-3-6-12(9-13)15-11-5-2-4-10(14)8-11;1-2/h2-9,14H,1H3;2-9,15H,14H2,1H3;1-2H3. The van der Waals surface area contributed by atoms with Crippen molar-refractivity contribution in [1.82, 2.24) is 0 Å². The molecule has 0 bridgehead atoms. The van der Waals surface area contributed by atoms with Gasteiger partial charge in [0.2, 0.25) is 0 Å². The Morgan fingerprint density at radius 3 is 1.53 bits per heavy atom. The van der Waals surface area contributed by atoms with Gasteiger partial charge in [-0.25, -0.2) is 0 Å². The van der Waals surface area contributed by atoms with E-state index in [0.717, 1.165) is 34.2 Å². The number of rotatable bonds is 7. The number of nitrogens with one attached hydrogen (secondary N) is 2. The molecule has 4 N–H and O–H groups in total. The smallest absolute Gasteiger partial charge is 0.271 e. The maximum Gasteiger partial charge on any atom is 0.271 e. The zero-order valence-electron chi connectivity index (χ0n) is 20.9. The highest BCUT2D eigenvalue weighted by Crippen LogP contribution is 2.24. The molecule has 0 saturated heterocycles. The molecule has 0 saturated carbocycles. The number of hydrogen-bond acceptors (Lipinski definition) is 7. The van der Waals surface area contributed by atoms with Crippen molar-refractivity contribution < 1.29 is 14.4 Å². The lowest BCUT2D eigenvalue weighted by atomic mass is 10.2. The van der Waals surface area contributed by atoms with E-state index in [1.165, 1.54) is 12.1 Å². The lowest BCUT2D eigenvalue weighted by Gasteiger charge is -2.08. The van der Waals surface area contributed by atoms with Crippen LogP contribution in [0.1, 0.15) is 13.8 Å². The van der Waals surface area contributed by atoms with Crippen LogP contribution in [0.3, 0.4) is 0 Å². The van der Waals surface area contributed by atoms with Gasteiger partial charge in [0.25, 0.3) is 5.69 Å². The maximum atomic E-state index is 10.7. The molecule has 0 radical (unpaired) electrons. The average molecular weight is 489 g/mol. The Balaban J connectivity index is 0.000000239. The zero-order valence-corrected chi connectivity index (χ0v) is 20.9. The monoisotopic (exact) mass is 488 g/mol. The molecule has 4 rings (SSSR count). The van der Waals surface area contributed by atoms with Crippen LogP contribution < -0.4 is 25.8 Å². The van der Waals surface area contributed by atoms with Crippen LogP contribution in [0.15, 0.2) is 97.1 Å². The number of benzene rings is 4. The molecule has 188 valence electrons. The Morgan fingerprint density at radius 1 is 0.667 bits per heavy atom. The van der Waals surface area contributed by atoms with Crippen molar-refractivity contribution in [3.63, 3.8) is 0 Å². The topological polar surface area (TPSA) is 112 Å². The second-order valence-electron chi connectivity index (χ2n) is 7.15. The summed E-state index contributed by atoms with van der Waals surface area (Å²) in [6.45, 7) is 4.00. The van der Waals surface area contributed by atoms with Crippen molar-refractivity contribution in [1.29, 1.82) is 0 Å². The predicted molar refractivity (Wildman–Crippen MR) is 148 cm³/mol. The van der Waals surface area contributed by atoms with Gasteiger partial charge in [0.05, 0.1) is 19.1 Å². The van der Waals surface area contributed by atoms with Gasteiger partial charge in [0, 0.05) is 52.7 Å². The molecule has 0 aliphatic heterocycles. The largest absolute Gasteiger partial charge is 0.497 e. The SMILES string of the molecule is CC.COc1cccc(Nc2cccc(N)c2)c1.COc1cccc(Nc2cccc([N+](=O)[O-])c2)c1. The van der Waals surface area contributed by atoms with E-state index in [4.69, 9.17) is 15.2 Å². The second-order valence-corrected chi connectivity index (χ2v) is 7.15. The first-order chi connectivity index (χ1) is 17.5. The molecule has 0 fully saturated rings. The molecule has 8 heteroatoms. The molecule has 0 amide bonds. The summed E-state index contributed by atoms with van der Waals surface area (Å²) < 4.78 is 10.3. The highest BCUT2D eigenvalue weighted by Gasteiger charge is 2.05. The number of nitro benzene ring substituents is 1. The first-order valence-corrected chi connectivity index (χ1v) is 11.4. The van der Waals surface area contributed by atoms with Gasteiger partial charge in [-0.2, -0.15) is 0 Å². The van der Waals surface area contributed by atoms with E-state index >= 15 is 0 Å². The highest BCUT2D eigenvalue weighted by atomic mass is 16.6. The fourth-order valence-electron chi connectivity index (χ4n) is 3.05. The summed E-state index contributed by atoms with van der Waals surface area (Å²) in [6.07, 6.45) is 0. The molecule has 4 aromatic carbocycles. The molecule has 0 heterocycles. The van der Waals surface area contributed by atoms with Crippen LogP contribution in [0, 0.1) is 10.1 Å². The number of hydrogen-bond donors (Lipinski definition) is 3. The molecule has 36 heavy (non-hydrogen) atoms. The number of nitrogens with two attached hydrogens (primary N) is 1. The van der Waals surface area contributed by atoms with Crippen LogP contribution >= 0.6 is 0 Å². The molecule has 0 aromatic heterocycles. The molecular formula is C28H32N4O4. The Morgan fingerprint density at radius 2 is 1.08 bits per heavy atom. The molecule has 0 unspecified atom stereocenters. The molecular weight excluding hydrogens is 456 g/mol. The summed E-state index contributed by atoms with van der Waals surface area (Å²) in [5.74, 6) is 1.55. The Bertz CT molecular complexity index is 1250. The van der Waals surface area contributed by atoms with Crippen LogP contribution in [0.5, 0.6) is 11.5 Å². The van der Waals surface area contributed by atoms with E-state index in [9.17, 15) is 10.1 Å². The fourth-order valence-corrected chi connectivity index (χ4v) is 3.05. The zero-order chi connectivity index (χ0) is 26.3. The first kappa shape index (κ1) is 27.5. The van der Waals surface area contributed by atoms with Gasteiger partial charge in [0.15, 0.2) is 0 Å². The van der Waals surface area contributed by atoms with Crippen molar-refractivity contribution in [3.8, 4) is 11.5 Å². The predicted octanol–water partition coefficient (Wildman–Crippen LogP) is 7.39. The van der Waals surface area contributed by atoms with Gasteiger partial charge in [-0.3, -0.25) is 10.1 Å². The van der Waals surface area contributed by atoms with Gasteiger partial charge in [-0.15, -0.1) is 0 Å². The molecule has 0 aliphatic carbocycles. The summed E-state index contributed by atoms with van der Waals surface area (Å²) in [5.41, 5.74) is 9.93. The van der Waals surface area contributed by atoms with Crippen LogP contribution in [0.4, 0.5) is 34.1 Å². The lowest BCUT2D eigenvalue weighted by Crippen LogP contribution is -1.93. The third-order valence-corrected chi connectivity index (χ3v) is 4.66. The third-order valence-electron chi connectivity index (χ3n) is 4.66. The lowest BCUT2D eigenvalue weighted by molar-refractivity contribution is -0.384. The molecule has 8 nitrogen and oxygen atoms in total. The van der Waals surface area contributed by atoms with Crippen molar-refractivity contribution in [2.75, 3.05) is 30.6 Å². The number of ether oxygens (including phenoxy) is 2. The van der Waals surface area contributed by atoms with Gasteiger partial charge in [0.1, 0.15) is 11.5 Å². The fraction of sp³-hybridized carbons (Fsp3) is 0.143. The number of anilines is 5. The maximum absolute atomic E-state index is 10.7. The highest BCUT2D eigenvalue weighted by molar-refractivity contribution is 5.65. The van der Waals surface area contributed by atoms with E-state index in [1.54, 1.807) is 26.4 Å². The van der Waals surface area contributed by atoms with E-state index in [1.807, 2.05) is 86.6 Å². The Hall–Kier alpha value is -4.72. The van der Waals surface area contributed by atoms with Gasteiger partial charge >= 0.3 is 0 Å². The average Bonchev–Trinajstić information content (AvgIpc) is 2.90. The van der Waals surface area contributed by atoms with Crippen LogP contribution in [-0.4, -0.2) is 19.1 Å². The number of nitrogens with zero attached hydrogens (tertiary/aromatic N) is 1. The molecule has 0 spiro atoms. The van der Waals surface area contributed by atoms with E-state index in [-0.39, 0.29) is 5.69 Å². The van der Waals surface area contributed by atoms with Crippen LogP contribution in [0.25, 0.3) is 0 Å². The molecule has 0 aliphatic rings. The number of nitro groups is 1. The Labute approximate surface area is 211 Å². The van der Waals surface area contributed by atoms with Gasteiger partial charge in [-0.1, -0.05) is 38.1 Å². The van der Waals surface area contributed by atoms with Gasteiger partial charge in [-0.05, 0) is 48.5 Å². The van der Waals surface area contributed by atoms with Crippen molar-refractivity contribution in [2.45, 2.75) is 13.8 Å². The molecule has 4 aromatic rings. The first-order valence-electron chi connectivity index (χ1n) is 11.4. The van der Waals surface area contributed by atoms with Crippen molar-refractivity contribution in [2.24, 2.45) is 0 Å². The summed E-state index contributed by atoms with van der Waals surface area (Å²) in [5, 5.41) is 17.0. The minimum atomic E-state index is -0.420. The summed E-state index contributed by atoms with van der Waals surface area (Å²) in [4.78, 5) is 10.2. The van der Waals surface area contributed by atoms with Gasteiger partial charge < -0.3 is 25.8 Å². The van der Waals surface area contributed by atoms with E-state index in [2.05, 4.69) is 10.6 Å². The van der Waals surface area contributed by atoms with E-state index in [0.29, 0.717) is 5.69 Å².